The zero-order valence-electron chi connectivity index (χ0n) is 77.8. The highest BCUT2D eigenvalue weighted by Crippen LogP contribution is 2.51. The van der Waals surface area contributed by atoms with E-state index < -0.39 is 0 Å². The molecular formula is C114H120B3N3O3. The van der Waals surface area contributed by atoms with E-state index in [0.717, 1.165) is 119 Å². The number of ether oxygens (including phenoxy) is 3. The zero-order chi connectivity index (χ0) is 87.2. The first kappa shape index (κ1) is 81.5. The van der Waals surface area contributed by atoms with Gasteiger partial charge in [-0.15, -0.1) is 0 Å². The van der Waals surface area contributed by atoms with Gasteiger partial charge in [0.1, 0.15) is 34.5 Å². The van der Waals surface area contributed by atoms with E-state index >= 15 is 0 Å². The van der Waals surface area contributed by atoms with Gasteiger partial charge in [0.2, 0.25) is 0 Å². The molecule has 6 aliphatic rings. The Labute approximate surface area is 734 Å². The average Bonchev–Trinajstić information content (AvgIpc) is 0.713. The lowest BCUT2D eigenvalue weighted by molar-refractivity contribution is 0.482. The minimum atomic E-state index is -0.176. The van der Waals surface area contributed by atoms with Gasteiger partial charge in [-0.05, 0) is 309 Å². The summed E-state index contributed by atoms with van der Waals surface area (Å²) in [5.74, 6) is 5.44. The van der Waals surface area contributed by atoms with Crippen molar-refractivity contribution in [3.8, 4) is 67.9 Å². The van der Waals surface area contributed by atoms with Gasteiger partial charge >= 0.3 is 0 Å². The number of benzene rings is 13. The van der Waals surface area contributed by atoms with Gasteiger partial charge in [0.25, 0.3) is 20.1 Å². The molecule has 0 atom stereocenters. The second-order valence-corrected chi connectivity index (χ2v) is 45.6. The molecule has 13 aromatic carbocycles. The van der Waals surface area contributed by atoms with Crippen molar-refractivity contribution in [3.63, 3.8) is 0 Å². The first-order valence-electron chi connectivity index (χ1n) is 44.9. The maximum absolute atomic E-state index is 7.37. The van der Waals surface area contributed by atoms with E-state index in [9.17, 15) is 0 Å². The summed E-state index contributed by atoms with van der Waals surface area (Å²) < 4.78 is 22.1. The van der Waals surface area contributed by atoms with E-state index in [-0.39, 0.29) is 68.9 Å². The summed E-state index contributed by atoms with van der Waals surface area (Å²) in [6, 6.07) is 93.2. The van der Waals surface area contributed by atoms with E-state index in [1.165, 1.54) is 99.2 Å². The normalized spacial score (nSPS) is 14.6. The van der Waals surface area contributed by atoms with E-state index in [1.54, 1.807) is 0 Å². The quantitative estimate of drug-likeness (QED) is 0.155. The van der Waals surface area contributed by atoms with Gasteiger partial charge in [-0.2, -0.15) is 0 Å². The Hall–Kier alpha value is -11.1. The summed E-state index contributed by atoms with van der Waals surface area (Å²) in [5.41, 5.74) is 38.2. The number of fused-ring (bicyclic) bond motifs is 12. The maximum Gasteiger partial charge on any atom is 0.256 e. The van der Waals surface area contributed by atoms with Crippen molar-refractivity contribution in [1.29, 1.82) is 0 Å². The van der Waals surface area contributed by atoms with Crippen LogP contribution in [-0.2, 0) is 48.7 Å². The van der Waals surface area contributed by atoms with Crippen molar-refractivity contribution < 1.29 is 14.2 Å². The summed E-state index contributed by atoms with van der Waals surface area (Å²) in [6.07, 6.45) is 0. The zero-order valence-corrected chi connectivity index (χ0v) is 77.8. The van der Waals surface area contributed by atoms with Crippen LogP contribution in [-0.4, -0.2) is 20.1 Å². The number of rotatable bonds is 6. The fraction of sp³-hybridized carbons (Fsp3) is 0.316. The van der Waals surface area contributed by atoms with E-state index in [0.29, 0.717) is 0 Å². The summed E-state index contributed by atoms with van der Waals surface area (Å²) in [6.45, 7) is 62.1. The van der Waals surface area contributed by atoms with E-state index in [1.807, 2.05) is 0 Å². The molecule has 0 amide bonds. The fourth-order valence-electron chi connectivity index (χ4n) is 19.8. The number of hydrogen-bond acceptors (Lipinski definition) is 6. The van der Waals surface area contributed by atoms with Crippen LogP contribution < -0.4 is 78.1 Å². The van der Waals surface area contributed by atoms with Crippen molar-refractivity contribution >= 4 is 120 Å². The molecule has 0 radical (unpaired) electrons. The van der Waals surface area contributed by atoms with Crippen molar-refractivity contribution in [3.05, 3.63) is 287 Å². The molecule has 9 heteroatoms. The summed E-state index contributed by atoms with van der Waals surface area (Å²) >= 11 is 0. The average molecular weight is 1610 g/mol. The Kier molecular flexibility index (Phi) is 18.3. The Balaban J connectivity index is 0.888. The standard InChI is InChI=1S/C114H120B3N3O3/c1-106(2,3)73-31-40-82(41-32-73)118-91-46-28-67(55-85(91)115-88-58-76(109(10,11)12)37-49-97(88)121-100-64-79(112(19,20)21)61-94(118)103(100)115)70-52-71(68-29-47-92-86(56-68)116-89-59-77(110(13,14)15)38-50-98(89)122-101-65-80(113(22,23)24)62-95(104(101)116)119(92)83-42-33-74(34-43-83)107(4,5)6)54-72(53-70)69-30-48-93-87(57-69)117-90-60-78(111(16,17)18)39-51-99(90)123-102-66-81(114(25,26)27)63-96(105(102)117)120(93)84-44-35-75(36-45-84)108(7,8)9/h28-66H,1-27H3. The predicted molar refractivity (Wildman–Crippen MR) is 529 cm³/mol. The third-order valence-corrected chi connectivity index (χ3v) is 27.4. The Morgan fingerprint density at radius 1 is 0.171 bits per heavy atom. The topological polar surface area (TPSA) is 37.4 Å². The Bertz CT molecular complexity index is 5900. The highest BCUT2D eigenvalue weighted by atomic mass is 16.5. The molecule has 0 aromatic heterocycles. The minimum absolute atomic E-state index is 0.0359. The number of hydrogen-bond donors (Lipinski definition) is 0. The van der Waals surface area contributed by atoms with Crippen molar-refractivity contribution in [2.45, 2.75) is 236 Å². The Morgan fingerprint density at radius 2 is 0.390 bits per heavy atom. The van der Waals surface area contributed by atoms with Gasteiger partial charge in [0.05, 0.1) is 0 Å². The first-order valence-corrected chi connectivity index (χ1v) is 44.9. The summed E-state index contributed by atoms with van der Waals surface area (Å²) in [5, 5.41) is 0. The number of nitrogens with zero attached hydrogens (tertiary/aromatic N) is 3. The van der Waals surface area contributed by atoms with Crippen LogP contribution in [0.4, 0.5) is 51.2 Å². The molecule has 0 unspecified atom stereocenters. The largest absolute Gasteiger partial charge is 0.458 e. The van der Waals surface area contributed by atoms with Gasteiger partial charge in [-0.25, -0.2) is 0 Å². The van der Waals surface area contributed by atoms with Crippen LogP contribution in [0.1, 0.15) is 237 Å². The molecule has 0 aliphatic carbocycles. The second-order valence-electron chi connectivity index (χ2n) is 45.6. The molecule has 0 saturated carbocycles. The van der Waals surface area contributed by atoms with Gasteiger partial charge < -0.3 is 28.9 Å². The summed E-state index contributed by atoms with van der Waals surface area (Å²) in [4.78, 5) is 7.64. The van der Waals surface area contributed by atoms with Crippen LogP contribution >= 0.6 is 0 Å². The minimum Gasteiger partial charge on any atom is -0.458 e. The van der Waals surface area contributed by atoms with Gasteiger partial charge in [0.15, 0.2) is 0 Å². The van der Waals surface area contributed by atoms with Gasteiger partial charge in [-0.1, -0.05) is 296 Å². The summed E-state index contributed by atoms with van der Waals surface area (Å²) in [7, 11) is 0. The molecule has 19 rings (SSSR count). The van der Waals surface area contributed by atoms with Gasteiger partial charge in [0, 0.05) is 51.2 Å². The lowest BCUT2D eigenvalue weighted by atomic mass is 9.33. The molecule has 0 fully saturated rings. The smallest absolute Gasteiger partial charge is 0.256 e. The molecule has 6 nitrogen and oxygen atoms in total. The van der Waals surface area contributed by atoms with Crippen LogP contribution in [0.5, 0.6) is 34.5 Å². The molecule has 13 aromatic rings. The monoisotopic (exact) mass is 1610 g/mol. The molecule has 0 N–H and O–H groups in total. The van der Waals surface area contributed by atoms with E-state index in [2.05, 4.69) is 438 Å². The van der Waals surface area contributed by atoms with Crippen molar-refractivity contribution in [2.24, 2.45) is 0 Å². The molecule has 0 saturated heterocycles. The highest BCUT2D eigenvalue weighted by molar-refractivity contribution is 7.01. The molecule has 618 valence electrons. The van der Waals surface area contributed by atoms with Crippen LogP contribution in [0, 0.1) is 0 Å². The van der Waals surface area contributed by atoms with Crippen LogP contribution in [0.25, 0.3) is 33.4 Å². The Morgan fingerprint density at radius 3 is 0.610 bits per heavy atom. The molecule has 123 heavy (non-hydrogen) atoms. The molecule has 0 spiro atoms. The molecule has 0 bridgehead atoms. The van der Waals surface area contributed by atoms with Gasteiger partial charge in [-0.3, -0.25) is 0 Å². The predicted octanol–water partition coefficient (Wildman–Crippen LogP) is 25.6. The molecule has 6 aliphatic heterocycles. The third kappa shape index (κ3) is 14.0. The first-order chi connectivity index (χ1) is 57.6. The highest BCUT2D eigenvalue weighted by Gasteiger charge is 2.48. The number of anilines is 9. The fourth-order valence-corrected chi connectivity index (χ4v) is 19.8. The molecular weight excluding hydrogens is 1490 g/mol. The maximum atomic E-state index is 7.37. The SMILES string of the molecule is CC(C)(C)c1ccc(N2c3ccc(-c4cc(-c5ccc6c(c5)B5c7cc(C(C)(C)C)ccc7Oc7cc(C(C)(C)C)cc(c75)N6c5ccc(C(C)(C)C)cc5)cc(-c5ccc6c(c5)B5c7cc(C(C)(C)C)ccc7Oc7cc(C(C)(C)C)cc(c75)N6c5ccc(C(C)(C)C)cc5)c4)cc3B3c4cc(C(C)(C)C)ccc4Oc4cc(C(C)(C)C)cc2c43)cc1. The lowest BCUT2D eigenvalue weighted by Crippen LogP contribution is -2.59. The molecule has 6 heterocycles. The van der Waals surface area contributed by atoms with E-state index in [4.69, 9.17) is 14.2 Å². The third-order valence-electron chi connectivity index (χ3n) is 27.4. The van der Waals surface area contributed by atoms with Crippen LogP contribution in [0.15, 0.2) is 237 Å². The lowest BCUT2D eigenvalue weighted by Gasteiger charge is -2.42. The van der Waals surface area contributed by atoms with Crippen LogP contribution in [0.3, 0.4) is 0 Å². The second kappa shape index (κ2) is 27.7. The van der Waals surface area contributed by atoms with Crippen molar-refractivity contribution in [2.75, 3.05) is 14.7 Å². The van der Waals surface area contributed by atoms with Crippen LogP contribution in [0.2, 0.25) is 0 Å². The van der Waals surface area contributed by atoms with Crippen molar-refractivity contribution in [1.82, 2.24) is 0 Å².